The van der Waals surface area contributed by atoms with Crippen molar-refractivity contribution < 1.29 is 19.7 Å². The van der Waals surface area contributed by atoms with Crippen molar-refractivity contribution >= 4 is 5.97 Å². The quantitative estimate of drug-likeness (QED) is 0.574. The second kappa shape index (κ2) is 7.73. The van der Waals surface area contributed by atoms with Gasteiger partial charge < -0.3 is 19.8 Å². The minimum Gasteiger partial charge on any atom is -0.481 e. The standard InChI is InChI=1S/C9H19NO4/c1-10(5-3-4-9(12)13)6-8(11)7-14-2/h8,11H,3-7H2,1-2H3,(H,12,13). The number of carbonyl (C=O) groups is 1. The monoisotopic (exact) mass is 205 g/mol. The van der Waals surface area contributed by atoms with Crippen LogP contribution in [-0.2, 0) is 9.53 Å². The Hall–Kier alpha value is -0.650. The molecule has 0 bridgehead atoms. The maximum absolute atomic E-state index is 10.2. The number of aliphatic hydroxyl groups excluding tert-OH is 1. The van der Waals surface area contributed by atoms with E-state index in [0.29, 0.717) is 26.1 Å². The van der Waals surface area contributed by atoms with E-state index in [1.165, 1.54) is 7.11 Å². The first-order valence-electron chi connectivity index (χ1n) is 4.63. The van der Waals surface area contributed by atoms with Crippen molar-refractivity contribution in [2.45, 2.75) is 18.9 Å². The van der Waals surface area contributed by atoms with Gasteiger partial charge in [0.2, 0.25) is 0 Å². The molecular formula is C9H19NO4. The van der Waals surface area contributed by atoms with Crippen molar-refractivity contribution in [3.8, 4) is 0 Å². The maximum atomic E-state index is 10.2. The van der Waals surface area contributed by atoms with E-state index in [4.69, 9.17) is 9.84 Å². The minimum atomic E-state index is -0.782. The fourth-order valence-electron chi connectivity index (χ4n) is 1.20. The average molecular weight is 205 g/mol. The molecule has 0 radical (unpaired) electrons. The second-order valence-corrected chi connectivity index (χ2v) is 3.37. The van der Waals surface area contributed by atoms with Crippen molar-refractivity contribution in [1.82, 2.24) is 4.90 Å². The summed E-state index contributed by atoms with van der Waals surface area (Å²) in [5, 5.41) is 17.7. The summed E-state index contributed by atoms with van der Waals surface area (Å²) < 4.78 is 4.78. The zero-order chi connectivity index (χ0) is 11.0. The number of carboxylic acid groups (broad SMARTS) is 1. The number of hydrogen-bond donors (Lipinski definition) is 2. The molecule has 5 heteroatoms. The van der Waals surface area contributed by atoms with Gasteiger partial charge in [-0.25, -0.2) is 0 Å². The van der Waals surface area contributed by atoms with E-state index in [9.17, 15) is 9.90 Å². The van der Waals surface area contributed by atoms with Crippen LogP contribution >= 0.6 is 0 Å². The highest BCUT2D eigenvalue weighted by Crippen LogP contribution is 1.95. The van der Waals surface area contributed by atoms with E-state index in [0.717, 1.165) is 0 Å². The summed E-state index contributed by atoms with van der Waals surface area (Å²) in [5.41, 5.74) is 0. The Morgan fingerprint density at radius 3 is 2.71 bits per heavy atom. The van der Waals surface area contributed by atoms with Crippen LogP contribution in [0.15, 0.2) is 0 Å². The zero-order valence-corrected chi connectivity index (χ0v) is 8.77. The molecule has 0 heterocycles. The number of likely N-dealkylation sites (N-methyl/N-ethyl adjacent to an activating group) is 1. The summed E-state index contributed by atoms with van der Waals surface area (Å²) in [5.74, 6) is -0.782. The van der Waals surface area contributed by atoms with E-state index in [1.54, 1.807) is 0 Å². The van der Waals surface area contributed by atoms with Crippen molar-refractivity contribution in [3.05, 3.63) is 0 Å². The number of nitrogens with zero attached hydrogens (tertiary/aromatic N) is 1. The molecule has 2 N–H and O–H groups in total. The molecule has 0 aliphatic rings. The van der Waals surface area contributed by atoms with Crippen molar-refractivity contribution in [2.75, 3.05) is 33.9 Å². The van der Waals surface area contributed by atoms with E-state index >= 15 is 0 Å². The number of aliphatic hydroxyl groups is 1. The van der Waals surface area contributed by atoms with E-state index in [2.05, 4.69) is 0 Å². The molecule has 0 aromatic carbocycles. The van der Waals surface area contributed by atoms with Gasteiger partial charge in [0.05, 0.1) is 12.7 Å². The fourth-order valence-corrected chi connectivity index (χ4v) is 1.20. The van der Waals surface area contributed by atoms with Crippen LogP contribution in [0.25, 0.3) is 0 Å². The first kappa shape index (κ1) is 13.4. The van der Waals surface area contributed by atoms with Gasteiger partial charge in [-0.2, -0.15) is 0 Å². The van der Waals surface area contributed by atoms with E-state index in [1.807, 2.05) is 11.9 Å². The Balaban J connectivity index is 3.44. The topological polar surface area (TPSA) is 70.0 Å². The van der Waals surface area contributed by atoms with Crippen molar-refractivity contribution in [2.24, 2.45) is 0 Å². The molecule has 0 amide bonds. The van der Waals surface area contributed by atoms with Crippen LogP contribution in [0.3, 0.4) is 0 Å². The summed E-state index contributed by atoms with van der Waals surface area (Å²) in [6.07, 6.45) is 0.269. The lowest BCUT2D eigenvalue weighted by Crippen LogP contribution is -2.32. The molecule has 0 fully saturated rings. The molecule has 0 saturated carbocycles. The number of hydrogen-bond acceptors (Lipinski definition) is 4. The predicted molar refractivity (Wildman–Crippen MR) is 52.2 cm³/mol. The highest BCUT2D eigenvalue weighted by atomic mass is 16.5. The highest BCUT2D eigenvalue weighted by molar-refractivity contribution is 5.66. The SMILES string of the molecule is COCC(O)CN(C)CCCC(=O)O. The third kappa shape index (κ3) is 7.97. The van der Waals surface area contributed by atoms with Gasteiger partial charge in [-0.05, 0) is 20.0 Å². The lowest BCUT2D eigenvalue weighted by atomic mass is 10.3. The lowest BCUT2D eigenvalue weighted by Gasteiger charge is -2.19. The van der Waals surface area contributed by atoms with Crippen LogP contribution in [0.2, 0.25) is 0 Å². The molecule has 1 unspecified atom stereocenters. The molecule has 1 atom stereocenters. The van der Waals surface area contributed by atoms with Gasteiger partial charge >= 0.3 is 5.97 Å². The fraction of sp³-hybridized carbons (Fsp3) is 0.889. The highest BCUT2D eigenvalue weighted by Gasteiger charge is 2.07. The Morgan fingerprint density at radius 2 is 2.21 bits per heavy atom. The molecular weight excluding hydrogens is 186 g/mol. The average Bonchev–Trinajstić information content (AvgIpc) is 2.03. The third-order valence-corrected chi connectivity index (χ3v) is 1.81. The summed E-state index contributed by atoms with van der Waals surface area (Å²) in [7, 11) is 3.38. The first-order chi connectivity index (χ1) is 6.56. The van der Waals surface area contributed by atoms with Crippen molar-refractivity contribution in [1.29, 1.82) is 0 Å². The maximum Gasteiger partial charge on any atom is 0.303 e. The van der Waals surface area contributed by atoms with Gasteiger partial charge in [0, 0.05) is 20.1 Å². The van der Waals surface area contributed by atoms with Gasteiger partial charge in [0.1, 0.15) is 0 Å². The van der Waals surface area contributed by atoms with Crippen LogP contribution in [0.1, 0.15) is 12.8 Å². The summed E-state index contributed by atoms with van der Waals surface area (Å²) in [6, 6.07) is 0. The predicted octanol–water partition coefficient (Wildman–Crippen LogP) is -0.210. The zero-order valence-electron chi connectivity index (χ0n) is 8.77. The molecule has 0 rings (SSSR count). The number of ether oxygens (including phenoxy) is 1. The number of aliphatic carboxylic acids is 1. The number of rotatable bonds is 8. The largest absolute Gasteiger partial charge is 0.481 e. The van der Waals surface area contributed by atoms with Gasteiger partial charge in [-0.1, -0.05) is 0 Å². The second-order valence-electron chi connectivity index (χ2n) is 3.37. The van der Waals surface area contributed by atoms with Crippen LogP contribution in [0.5, 0.6) is 0 Å². The van der Waals surface area contributed by atoms with Crippen LogP contribution in [-0.4, -0.2) is 61.0 Å². The smallest absolute Gasteiger partial charge is 0.303 e. The summed E-state index contributed by atoms with van der Waals surface area (Å²) in [4.78, 5) is 12.1. The van der Waals surface area contributed by atoms with Crippen molar-refractivity contribution in [3.63, 3.8) is 0 Å². The molecule has 0 aliphatic heterocycles. The molecule has 0 aromatic rings. The number of methoxy groups -OCH3 is 1. The van der Waals surface area contributed by atoms with Crippen LogP contribution in [0.4, 0.5) is 0 Å². The van der Waals surface area contributed by atoms with Gasteiger partial charge in [0.25, 0.3) is 0 Å². The Morgan fingerprint density at radius 1 is 1.57 bits per heavy atom. The lowest BCUT2D eigenvalue weighted by molar-refractivity contribution is -0.137. The molecule has 14 heavy (non-hydrogen) atoms. The summed E-state index contributed by atoms with van der Waals surface area (Å²) in [6.45, 7) is 1.49. The molecule has 0 aromatic heterocycles. The molecule has 5 nitrogen and oxygen atoms in total. The molecule has 0 saturated heterocycles. The Kier molecular flexibility index (Phi) is 7.37. The van der Waals surface area contributed by atoms with Crippen LogP contribution in [0, 0.1) is 0 Å². The van der Waals surface area contributed by atoms with Gasteiger partial charge in [-0.15, -0.1) is 0 Å². The van der Waals surface area contributed by atoms with E-state index in [-0.39, 0.29) is 6.42 Å². The van der Waals surface area contributed by atoms with Gasteiger partial charge in [0.15, 0.2) is 0 Å². The van der Waals surface area contributed by atoms with Crippen LogP contribution < -0.4 is 0 Å². The molecule has 0 aliphatic carbocycles. The Bertz CT molecular complexity index is 163. The molecule has 0 spiro atoms. The van der Waals surface area contributed by atoms with E-state index < -0.39 is 12.1 Å². The van der Waals surface area contributed by atoms with Gasteiger partial charge in [-0.3, -0.25) is 4.79 Å². The minimum absolute atomic E-state index is 0.171. The molecule has 84 valence electrons. The normalized spacial score (nSPS) is 13.1. The Labute approximate surface area is 84.3 Å². The third-order valence-electron chi connectivity index (χ3n) is 1.81. The number of carboxylic acids is 1. The first-order valence-corrected chi connectivity index (χ1v) is 4.63. The summed E-state index contributed by atoms with van der Waals surface area (Å²) >= 11 is 0.